The predicted octanol–water partition coefficient (Wildman–Crippen LogP) is 3.57. The van der Waals surface area contributed by atoms with Crippen molar-refractivity contribution in [2.45, 2.75) is 13.3 Å². The maximum absolute atomic E-state index is 11.0. The summed E-state index contributed by atoms with van der Waals surface area (Å²) in [7, 11) is 1.63. The number of anilines is 1. The molecule has 0 saturated heterocycles. The van der Waals surface area contributed by atoms with Gasteiger partial charge in [-0.05, 0) is 42.7 Å². The number of hydrogen-bond acceptors (Lipinski definition) is 4. The van der Waals surface area contributed by atoms with E-state index in [4.69, 9.17) is 4.74 Å². The number of aryl methyl sites for hydroxylation is 1. The highest BCUT2D eigenvalue weighted by molar-refractivity contribution is 5.62. The van der Waals surface area contributed by atoms with Crippen molar-refractivity contribution in [2.24, 2.45) is 0 Å². The van der Waals surface area contributed by atoms with Crippen LogP contribution in [0.15, 0.2) is 42.5 Å². The molecule has 0 spiro atoms. The van der Waals surface area contributed by atoms with Gasteiger partial charge in [-0.2, -0.15) is 0 Å². The first-order chi connectivity index (χ1) is 10.1. The summed E-state index contributed by atoms with van der Waals surface area (Å²) in [5.41, 5.74) is 2.66. The molecular weight excluding hydrogens is 268 g/mol. The van der Waals surface area contributed by atoms with Crippen molar-refractivity contribution in [3.63, 3.8) is 0 Å². The molecule has 0 aliphatic heterocycles. The van der Waals surface area contributed by atoms with Crippen LogP contribution >= 0.6 is 0 Å². The van der Waals surface area contributed by atoms with Gasteiger partial charge in [0, 0.05) is 12.6 Å². The Morgan fingerprint density at radius 1 is 1.24 bits per heavy atom. The number of benzene rings is 2. The van der Waals surface area contributed by atoms with Crippen molar-refractivity contribution in [3.05, 3.63) is 63.7 Å². The molecule has 1 N–H and O–H groups in total. The Morgan fingerprint density at radius 2 is 2.05 bits per heavy atom. The van der Waals surface area contributed by atoms with E-state index < -0.39 is 0 Å². The van der Waals surface area contributed by atoms with Gasteiger partial charge < -0.3 is 10.1 Å². The number of nitrogens with one attached hydrogen (secondary N) is 1. The quantitative estimate of drug-likeness (QED) is 0.651. The molecule has 0 saturated carbocycles. The Hall–Kier alpha value is -2.56. The van der Waals surface area contributed by atoms with Gasteiger partial charge in [0.1, 0.15) is 11.4 Å². The first-order valence-corrected chi connectivity index (χ1v) is 6.72. The van der Waals surface area contributed by atoms with E-state index in [1.54, 1.807) is 19.2 Å². The predicted molar refractivity (Wildman–Crippen MR) is 83.0 cm³/mol. The highest BCUT2D eigenvalue weighted by atomic mass is 16.6. The molecule has 0 bridgehead atoms. The molecule has 5 nitrogen and oxygen atoms in total. The smallest absolute Gasteiger partial charge is 0.292 e. The molecule has 0 heterocycles. The molecule has 2 aromatic rings. The summed E-state index contributed by atoms with van der Waals surface area (Å²) in [5, 5.41) is 14.2. The fraction of sp³-hybridized carbons (Fsp3) is 0.250. The molecule has 5 heteroatoms. The van der Waals surface area contributed by atoms with Gasteiger partial charge in [-0.1, -0.05) is 18.2 Å². The summed E-state index contributed by atoms with van der Waals surface area (Å²) in [4.78, 5) is 10.7. The lowest BCUT2D eigenvalue weighted by Crippen LogP contribution is -2.07. The third-order valence-electron chi connectivity index (χ3n) is 3.21. The Balaban J connectivity index is 2.01. The molecule has 0 aliphatic rings. The summed E-state index contributed by atoms with van der Waals surface area (Å²) in [6.45, 7) is 2.46. The van der Waals surface area contributed by atoms with Crippen molar-refractivity contribution in [2.75, 3.05) is 19.0 Å². The van der Waals surface area contributed by atoms with Crippen molar-refractivity contribution >= 4 is 11.4 Å². The molecule has 21 heavy (non-hydrogen) atoms. The van der Waals surface area contributed by atoms with Crippen molar-refractivity contribution in [3.8, 4) is 5.75 Å². The van der Waals surface area contributed by atoms with Crippen LogP contribution < -0.4 is 10.1 Å². The number of rotatable bonds is 6. The van der Waals surface area contributed by atoms with Crippen LogP contribution in [0.4, 0.5) is 11.4 Å². The van der Waals surface area contributed by atoms with Crippen LogP contribution in [0.1, 0.15) is 11.1 Å². The maximum atomic E-state index is 11.0. The van der Waals surface area contributed by atoms with E-state index in [0.717, 1.165) is 23.3 Å². The first kappa shape index (κ1) is 14.8. The van der Waals surface area contributed by atoms with E-state index in [2.05, 4.69) is 5.32 Å². The minimum Gasteiger partial charge on any atom is -0.497 e. The summed E-state index contributed by atoms with van der Waals surface area (Å²) < 4.78 is 5.17. The Kier molecular flexibility index (Phi) is 4.77. The molecule has 0 atom stereocenters. The topological polar surface area (TPSA) is 64.4 Å². The van der Waals surface area contributed by atoms with Crippen molar-refractivity contribution < 1.29 is 9.66 Å². The summed E-state index contributed by atoms with van der Waals surface area (Å²) in [5.74, 6) is 0.814. The van der Waals surface area contributed by atoms with Crippen LogP contribution in [0.3, 0.4) is 0 Å². The molecule has 2 rings (SSSR count). The fourth-order valence-electron chi connectivity index (χ4n) is 2.11. The van der Waals surface area contributed by atoms with Crippen molar-refractivity contribution in [1.82, 2.24) is 0 Å². The third-order valence-corrected chi connectivity index (χ3v) is 3.21. The minimum absolute atomic E-state index is 0.112. The molecule has 0 aromatic heterocycles. The van der Waals surface area contributed by atoms with Gasteiger partial charge in [-0.3, -0.25) is 10.1 Å². The lowest BCUT2D eigenvalue weighted by molar-refractivity contribution is -0.384. The van der Waals surface area contributed by atoms with Crippen LogP contribution in [-0.2, 0) is 6.42 Å². The standard InChI is InChI=1S/C16H18N2O3/c1-12-6-7-15(16(10-12)18(19)20)17-9-8-13-4-3-5-14(11-13)21-2/h3-7,10-11,17H,8-9H2,1-2H3. The van der Waals surface area contributed by atoms with Crippen LogP contribution in [0.25, 0.3) is 0 Å². The number of nitro benzene ring substituents is 1. The SMILES string of the molecule is COc1cccc(CCNc2ccc(C)cc2[N+](=O)[O-])c1. The van der Waals surface area contributed by atoms with E-state index in [1.165, 1.54) is 0 Å². The summed E-state index contributed by atoms with van der Waals surface area (Å²) >= 11 is 0. The molecule has 110 valence electrons. The molecule has 0 radical (unpaired) electrons. The van der Waals surface area contributed by atoms with Gasteiger partial charge >= 0.3 is 0 Å². The normalized spacial score (nSPS) is 10.2. The minimum atomic E-state index is -0.360. The first-order valence-electron chi connectivity index (χ1n) is 6.72. The van der Waals surface area contributed by atoms with Gasteiger partial charge in [-0.25, -0.2) is 0 Å². The van der Waals surface area contributed by atoms with Crippen LogP contribution in [0.5, 0.6) is 5.75 Å². The van der Waals surface area contributed by atoms with E-state index in [-0.39, 0.29) is 10.6 Å². The largest absolute Gasteiger partial charge is 0.497 e. The van der Waals surface area contributed by atoms with E-state index in [1.807, 2.05) is 37.3 Å². The van der Waals surface area contributed by atoms with Crippen LogP contribution in [-0.4, -0.2) is 18.6 Å². The Morgan fingerprint density at radius 3 is 2.76 bits per heavy atom. The van der Waals surface area contributed by atoms with Crippen molar-refractivity contribution in [1.29, 1.82) is 0 Å². The second-order valence-corrected chi connectivity index (χ2v) is 4.81. The summed E-state index contributed by atoms with van der Waals surface area (Å²) in [6, 6.07) is 13.0. The van der Waals surface area contributed by atoms with Gasteiger partial charge in [0.2, 0.25) is 0 Å². The highest BCUT2D eigenvalue weighted by Gasteiger charge is 2.12. The van der Waals surface area contributed by atoms with Crippen LogP contribution in [0.2, 0.25) is 0 Å². The van der Waals surface area contributed by atoms with E-state index in [0.29, 0.717) is 12.2 Å². The average molecular weight is 286 g/mol. The van der Waals surface area contributed by atoms with Gasteiger partial charge in [0.05, 0.1) is 12.0 Å². The lowest BCUT2D eigenvalue weighted by Gasteiger charge is -2.08. The maximum Gasteiger partial charge on any atom is 0.292 e. The average Bonchev–Trinajstić information content (AvgIpc) is 2.48. The second kappa shape index (κ2) is 6.74. The zero-order valence-electron chi connectivity index (χ0n) is 12.1. The number of methoxy groups -OCH3 is 1. The molecule has 0 amide bonds. The monoisotopic (exact) mass is 286 g/mol. The Labute approximate surface area is 123 Å². The fourth-order valence-corrected chi connectivity index (χ4v) is 2.11. The second-order valence-electron chi connectivity index (χ2n) is 4.81. The molecule has 0 unspecified atom stereocenters. The zero-order valence-corrected chi connectivity index (χ0v) is 12.1. The molecule has 0 fully saturated rings. The molecule has 0 aliphatic carbocycles. The van der Waals surface area contributed by atoms with Crippen LogP contribution in [0, 0.1) is 17.0 Å². The number of hydrogen-bond donors (Lipinski definition) is 1. The third kappa shape index (κ3) is 3.95. The van der Waals surface area contributed by atoms with Gasteiger partial charge in [0.25, 0.3) is 5.69 Å². The number of nitrogens with zero attached hydrogens (tertiary/aromatic N) is 1. The molecule has 2 aromatic carbocycles. The van der Waals surface area contributed by atoms with E-state index in [9.17, 15) is 10.1 Å². The van der Waals surface area contributed by atoms with Gasteiger partial charge in [-0.15, -0.1) is 0 Å². The van der Waals surface area contributed by atoms with E-state index >= 15 is 0 Å². The zero-order chi connectivity index (χ0) is 15.2. The summed E-state index contributed by atoms with van der Waals surface area (Å²) in [6.07, 6.45) is 0.766. The van der Waals surface area contributed by atoms with Gasteiger partial charge in [0.15, 0.2) is 0 Å². The highest BCUT2D eigenvalue weighted by Crippen LogP contribution is 2.25. The lowest BCUT2D eigenvalue weighted by atomic mass is 10.1. The number of ether oxygens (including phenoxy) is 1. The molecular formula is C16H18N2O3. The number of nitro groups is 1. The Bertz CT molecular complexity index is 641.